The fourth-order valence-corrected chi connectivity index (χ4v) is 3.42. The highest BCUT2D eigenvalue weighted by Crippen LogP contribution is 2.55. The second kappa shape index (κ2) is 7.28. The molecule has 0 fully saturated rings. The number of rotatable bonds is 5. The van der Waals surface area contributed by atoms with Gasteiger partial charge in [0.2, 0.25) is 0 Å². The van der Waals surface area contributed by atoms with Crippen LogP contribution in [0, 0.1) is 0 Å². The molecule has 1 atom stereocenters. The first kappa shape index (κ1) is 19.1. The topological polar surface area (TPSA) is 35.5 Å². The number of ether oxygens (including phenoxy) is 2. The molecule has 0 aromatic heterocycles. The third kappa shape index (κ3) is 3.83. The minimum Gasteiger partial charge on any atom is -0.481 e. The Morgan fingerprint density at radius 2 is 1.62 bits per heavy atom. The predicted molar refractivity (Wildman–Crippen MR) is 102 cm³/mol. The van der Waals surface area contributed by atoms with Crippen LogP contribution in [-0.2, 0) is 22.1 Å². The molecule has 3 aromatic carbocycles. The Hall–Kier alpha value is -3.28. The van der Waals surface area contributed by atoms with Gasteiger partial charge >= 0.3 is 12.1 Å². The Balaban J connectivity index is 1.62. The van der Waals surface area contributed by atoms with E-state index in [0.717, 1.165) is 22.8 Å². The van der Waals surface area contributed by atoms with Gasteiger partial charge in [-0.2, -0.15) is 13.2 Å². The van der Waals surface area contributed by atoms with E-state index in [1.807, 2.05) is 30.3 Å². The fourth-order valence-electron chi connectivity index (χ4n) is 3.42. The number of hydrogen-bond acceptors (Lipinski definition) is 3. The van der Waals surface area contributed by atoms with Crippen molar-refractivity contribution in [2.45, 2.75) is 18.7 Å². The van der Waals surface area contributed by atoms with E-state index in [4.69, 9.17) is 4.74 Å². The van der Waals surface area contributed by atoms with Crippen molar-refractivity contribution >= 4 is 5.97 Å². The first-order chi connectivity index (χ1) is 13.9. The van der Waals surface area contributed by atoms with Crippen molar-refractivity contribution in [2.24, 2.45) is 0 Å². The Kier molecular flexibility index (Phi) is 4.78. The van der Waals surface area contributed by atoms with Gasteiger partial charge in [0.1, 0.15) is 5.75 Å². The summed E-state index contributed by atoms with van der Waals surface area (Å²) in [5, 5.41) is 0. The summed E-state index contributed by atoms with van der Waals surface area (Å²) in [6.45, 7) is 0. The van der Waals surface area contributed by atoms with Crippen molar-refractivity contribution in [3.63, 3.8) is 0 Å². The highest BCUT2D eigenvalue weighted by Gasteiger charge is 2.48. The molecule has 0 amide bonds. The zero-order chi connectivity index (χ0) is 20.6. The largest absolute Gasteiger partial charge is 0.481 e. The number of methoxy groups -OCH3 is 1. The lowest BCUT2D eigenvalue weighted by atomic mass is 10.0. The second-order valence-corrected chi connectivity index (χ2v) is 6.75. The lowest BCUT2D eigenvalue weighted by molar-refractivity contribution is -0.140. The lowest BCUT2D eigenvalue weighted by Crippen LogP contribution is -2.06. The summed E-state index contributed by atoms with van der Waals surface area (Å²) in [7, 11) is 1.31. The van der Waals surface area contributed by atoms with Gasteiger partial charge in [0.05, 0.1) is 19.1 Å². The highest BCUT2D eigenvalue weighted by molar-refractivity contribution is 5.78. The van der Waals surface area contributed by atoms with Crippen LogP contribution in [-0.4, -0.2) is 13.1 Å². The molecule has 0 aliphatic heterocycles. The standard InChI is InChI=1S/C23H17F3O3/c1-28-19(27)13-14-7-9-16(10-8-14)29-22-20-17(15-5-3-2-4-6-15)11-12-18(21(20)22)23(24,25)26/h2-12,22H,13H2,1H3. The van der Waals surface area contributed by atoms with Gasteiger partial charge in [-0.25, -0.2) is 0 Å². The predicted octanol–water partition coefficient (Wildman–Crippen LogP) is 5.57. The van der Waals surface area contributed by atoms with Crippen molar-refractivity contribution < 1.29 is 27.4 Å². The van der Waals surface area contributed by atoms with Crippen LogP contribution in [0.25, 0.3) is 11.1 Å². The lowest BCUT2D eigenvalue weighted by Gasteiger charge is -2.08. The number of fused-ring (bicyclic) bond motifs is 1. The smallest absolute Gasteiger partial charge is 0.416 e. The van der Waals surface area contributed by atoms with Gasteiger partial charge in [0.25, 0.3) is 0 Å². The van der Waals surface area contributed by atoms with E-state index in [1.165, 1.54) is 13.2 Å². The number of halogens is 3. The number of carbonyl (C=O) groups excluding carboxylic acids is 1. The van der Waals surface area contributed by atoms with Gasteiger partial charge in [0, 0.05) is 11.1 Å². The minimum atomic E-state index is -4.44. The van der Waals surface area contributed by atoms with Crippen LogP contribution in [0.1, 0.15) is 28.4 Å². The molecule has 0 radical (unpaired) electrons. The van der Waals surface area contributed by atoms with Crippen molar-refractivity contribution in [1.29, 1.82) is 0 Å². The molecule has 3 aromatic rings. The molecule has 0 N–H and O–H groups in total. The maximum atomic E-state index is 13.4. The third-order valence-electron chi connectivity index (χ3n) is 4.87. The number of alkyl halides is 3. The summed E-state index contributed by atoms with van der Waals surface area (Å²) >= 11 is 0. The Morgan fingerprint density at radius 1 is 0.931 bits per heavy atom. The number of carbonyl (C=O) groups is 1. The monoisotopic (exact) mass is 398 g/mol. The molecular formula is C23H17F3O3. The summed E-state index contributed by atoms with van der Waals surface area (Å²) < 4.78 is 50.8. The molecule has 1 unspecified atom stereocenters. The van der Waals surface area contributed by atoms with Crippen molar-refractivity contribution in [3.05, 3.63) is 89.0 Å². The molecule has 0 heterocycles. The SMILES string of the molecule is COC(=O)Cc1ccc(OC2c3c(-c4ccccc4)ccc(C(F)(F)F)c32)cc1. The van der Waals surface area contributed by atoms with Crippen LogP contribution in [0.4, 0.5) is 13.2 Å². The quantitative estimate of drug-likeness (QED) is 0.527. The summed E-state index contributed by atoms with van der Waals surface area (Å²) in [6, 6.07) is 18.6. The van der Waals surface area contributed by atoms with E-state index < -0.39 is 17.8 Å². The molecule has 0 saturated heterocycles. The molecule has 1 aliphatic carbocycles. The molecule has 148 valence electrons. The Labute approximate surface area is 165 Å². The van der Waals surface area contributed by atoms with Crippen LogP contribution < -0.4 is 4.74 Å². The second-order valence-electron chi connectivity index (χ2n) is 6.75. The number of esters is 1. The van der Waals surface area contributed by atoms with E-state index in [-0.39, 0.29) is 18.0 Å². The van der Waals surface area contributed by atoms with Gasteiger partial charge in [-0.3, -0.25) is 4.79 Å². The Morgan fingerprint density at radius 3 is 2.24 bits per heavy atom. The molecular weight excluding hydrogens is 381 g/mol. The molecule has 0 bridgehead atoms. The Bertz CT molecular complexity index is 1040. The summed E-state index contributed by atoms with van der Waals surface area (Å²) in [5.74, 6) is 0.0718. The average Bonchev–Trinajstić information content (AvgIpc) is 3.42. The van der Waals surface area contributed by atoms with E-state index in [0.29, 0.717) is 11.3 Å². The molecule has 0 saturated carbocycles. The van der Waals surface area contributed by atoms with Gasteiger partial charge in [0.15, 0.2) is 6.10 Å². The van der Waals surface area contributed by atoms with Crippen LogP contribution in [0.3, 0.4) is 0 Å². The molecule has 29 heavy (non-hydrogen) atoms. The van der Waals surface area contributed by atoms with Gasteiger partial charge in [-0.15, -0.1) is 0 Å². The van der Waals surface area contributed by atoms with Crippen molar-refractivity contribution in [1.82, 2.24) is 0 Å². The van der Waals surface area contributed by atoms with E-state index >= 15 is 0 Å². The molecule has 3 nitrogen and oxygen atoms in total. The van der Waals surface area contributed by atoms with E-state index in [2.05, 4.69) is 4.74 Å². The first-order valence-corrected chi connectivity index (χ1v) is 9.00. The maximum absolute atomic E-state index is 13.4. The van der Waals surface area contributed by atoms with E-state index in [9.17, 15) is 18.0 Å². The minimum absolute atomic E-state index is 0.122. The number of benzene rings is 3. The summed E-state index contributed by atoms with van der Waals surface area (Å²) in [4.78, 5) is 11.3. The highest BCUT2D eigenvalue weighted by atomic mass is 19.4. The van der Waals surface area contributed by atoms with Crippen LogP contribution in [0.2, 0.25) is 0 Å². The van der Waals surface area contributed by atoms with Crippen molar-refractivity contribution in [3.8, 4) is 16.9 Å². The van der Waals surface area contributed by atoms with Crippen molar-refractivity contribution in [2.75, 3.05) is 7.11 Å². The third-order valence-corrected chi connectivity index (χ3v) is 4.87. The normalized spacial score (nSPS) is 14.8. The van der Waals surface area contributed by atoms with Gasteiger partial charge < -0.3 is 9.47 Å². The zero-order valence-electron chi connectivity index (χ0n) is 15.5. The van der Waals surface area contributed by atoms with Gasteiger partial charge in [-0.1, -0.05) is 48.5 Å². The van der Waals surface area contributed by atoms with Crippen LogP contribution in [0.15, 0.2) is 66.7 Å². The maximum Gasteiger partial charge on any atom is 0.416 e. The van der Waals surface area contributed by atoms with Crippen LogP contribution >= 0.6 is 0 Å². The summed E-state index contributed by atoms with van der Waals surface area (Å²) in [5.41, 5.74) is 2.39. The zero-order valence-corrected chi connectivity index (χ0v) is 15.5. The molecule has 1 aliphatic rings. The van der Waals surface area contributed by atoms with E-state index in [1.54, 1.807) is 24.3 Å². The molecule has 0 spiro atoms. The van der Waals surface area contributed by atoms with Gasteiger partial charge in [-0.05, 0) is 34.9 Å². The molecule has 4 rings (SSSR count). The first-order valence-electron chi connectivity index (χ1n) is 9.00. The summed E-state index contributed by atoms with van der Waals surface area (Å²) in [6.07, 6.45) is -5.07. The fraction of sp³-hybridized carbons (Fsp3) is 0.174. The van der Waals surface area contributed by atoms with Crippen LogP contribution in [0.5, 0.6) is 5.75 Å². The number of hydrogen-bond donors (Lipinski definition) is 0. The average molecular weight is 398 g/mol. The molecule has 6 heteroatoms.